The molecule has 1 aromatic carbocycles. The lowest BCUT2D eigenvalue weighted by molar-refractivity contribution is 0.584. The van der Waals surface area contributed by atoms with E-state index in [2.05, 4.69) is 9.97 Å². The first kappa shape index (κ1) is 18.4. The van der Waals surface area contributed by atoms with Crippen molar-refractivity contribution in [1.82, 2.24) is 18.9 Å². The lowest BCUT2D eigenvalue weighted by Crippen LogP contribution is -2.23. The van der Waals surface area contributed by atoms with E-state index < -0.39 is 0 Å². The Morgan fingerprint density at radius 3 is 2.71 bits per heavy atom. The van der Waals surface area contributed by atoms with E-state index in [-0.39, 0.29) is 11.1 Å². The quantitative estimate of drug-likeness (QED) is 0.385. The molecular weight excluding hydrogens is 372 g/mol. The Hall–Kier alpha value is -2.93. The monoisotopic (exact) mass is 392 g/mol. The number of rotatable bonds is 5. The fourth-order valence-electron chi connectivity index (χ4n) is 3.20. The van der Waals surface area contributed by atoms with E-state index in [1.807, 2.05) is 44.2 Å². The van der Waals surface area contributed by atoms with Gasteiger partial charge in [0.2, 0.25) is 0 Å². The Morgan fingerprint density at radius 1 is 1.07 bits per heavy atom. The predicted octanol–water partition coefficient (Wildman–Crippen LogP) is 3.42. The molecule has 0 aliphatic heterocycles. The van der Waals surface area contributed by atoms with Crippen LogP contribution in [0, 0.1) is 6.92 Å². The maximum absolute atomic E-state index is 12.9. The fraction of sp³-hybridized carbons (Fsp3) is 0.238. The number of fused-ring (bicyclic) bond motifs is 2. The smallest absolute Gasteiger partial charge is 0.262 e. The SMILES string of the molecule is CCCn1c(SCc2cc(=O)n3cccc(C)c3n2)nc2ccccc2c1=O. The summed E-state index contributed by atoms with van der Waals surface area (Å²) in [6.07, 6.45) is 2.56. The molecule has 0 atom stereocenters. The Morgan fingerprint density at radius 2 is 1.89 bits per heavy atom. The van der Waals surface area contributed by atoms with Gasteiger partial charge in [-0.3, -0.25) is 18.6 Å². The third-order valence-electron chi connectivity index (χ3n) is 4.56. The van der Waals surface area contributed by atoms with Crippen LogP contribution in [-0.2, 0) is 12.3 Å². The molecule has 0 unspecified atom stereocenters. The maximum atomic E-state index is 12.9. The number of aromatic nitrogens is 4. The van der Waals surface area contributed by atoms with Gasteiger partial charge in [-0.15, -0.1) is 0 Å². The van der Waals surface area contributed by atoms with Gasteiger partial charge in [0.1, 0.15) is 5.65 Å². The first-order valence-corrected chi connectivity index (χ1v) is 10.2. The highest BCUT2D eigenvalue weighted by molar-refractivity contribution is 7.98. The van der Waals surface area contributed by atoms with Crippen molar-refractivity contribution in [3.05, 3.63) is 80.6 Å². The second kappa shape index (κ2) is 7.59. The molecule has 0 bridgehead atoms. The van der Waals surface area contributed by atoms with Crippen molar-refractivity contribution in [1.29, 1.82) is 0 Å². The van der Waals surface area contributed by atoms with Gasteiger partial charge in [0.05, 0.1) is 16.6 Å². The van der Waals surface area contributed by atoms with E-state index in [4.69, 9.17) is 0 Å². The minimum Gasteiger partial charge on any atom is -0.287 e. The van der Waals surface area contributed by atoms with Crippen LogP contribution in [0.1, 0.15) is 24.6 Å². The van der Waals surface area contributed by atoms with E-state index >= 15 is 0 Å². The van der Waals surface area contributed by atoms with Crippen LogP contribution >= 0.6 is 11.8 Å². The van der Waals surface area contributed by atoms with E-state index in [0.717, 1.165) is 12.0 Å². The summed E-state index contributed by atoms with van der Waals surface area (Å²) in [6.45, 7) is 4.57. The minimum absolute atomic E-state index is 0.0302. The van der Waals surface area contributed by atoms with Crippen LogP contribution in [0.4, 0.5) is 0 Å². The molecule has 0 amide bonds. The molecule has 4 aromatic rings. The average molecular weight is 392 g/mol. The van der Waals surface area contributed by atoms with Gasteiger partial charge < -0.3 is 0 Å². The molecule has 6 nitrogen and oxygen atoms in total. The van der Waals surface area contributed by atoms with E-state index in [0.29, 0.717) is 39.7 Å². The van der Waals surface area contributed by atoms with Crippen molar-refractivity contribution in [2.24, 2.45) is 0 Å². The summed E-state index contributed by atoms with van der Waals surface area (Å²) in [4.78, 5) is 34.6. The summed E-state index contributed by atoms with van der Waals surface area (Å²) in [6, 6.07) is 12.7. The third-order valence-corrected chi connectivity index (χ3v) is 5.57. The molecule has 0 saturated carbocycles. The Bertz CT molecular complexity index is 1290. The van der Waals surface area contributed by atoms with Crippen LogP contribution in [0.3, 0.4) is 0 Å². The number of aryl methyl sites for hydroxylation is 1. The topological polar surface area (TPSA) is 69.3 Å². The zero-order valence-corrected chi connectivity index (χ0v) is 16.6. The van der Waals surface area contributed by atoms with Gasteiger partial charge in [-0.2, -0.15) is 0 Å². The average Bonchev–Trinajstić information content (AvgIpc) is 2.70. The number of hydrogen-bond acceptors (Lipinski definition) is 5. The van der Waals surface area contributed by atoms with Crippen molar-refractivity contribution < 1.29 is 0 Å². The van der Waals surface area contributed by atoms with Gasteiger partial charge in [0, 0.05) is 24.6 Å². The second-order valence-corrected chi connectivity index (χ2v) is 7.57. The minimum atomic E-state index is -0.110. The van der Waals surface area contributed by atoms with Gasteiger partial charge >= 0.3 is 0 Å². The number of para-hydroxylation sites is 1. The summed E-state index contributed by atoms with van der Waals surface area (Å²) in [7, 11) is 0. The van der Waals surface area contributed by atoms with Crippen molar-refractivity contribution >= 4 is 28.3 Å². The second-order valence-electron chi connectivity index (χ2n) is 6.63. The Balaban J connectivity index is 1.74. The molecule has 0 saturated heterocycles. The van der Waals surface area contributed by atoms with Crippen molar-refractivity contribution in [3.8, 4) is 0 Å². The molecule has 0 fully saturated rings. The van der Waals surface area contributed by atoms with Crippen LogP contribution in [0.15, 0.2) is 63.4 Å². The summed E-state index contributed by atoms with van der Waals surface area (Å²) >= 11 is 1.43. The van der Waals surface area contributed by atoms with Gasteiger partial charge in [0.15, 0.2) is 5.16 Å². The van der Waals surface area contributed by atoms with E-state index in [1.54, 1.807) is 27.3 Å². The molecule has 142 valence electrons. The maximum Gasteiger partial charge on any atom is 0.262 e. The number of nitrogens with zero attached hydrogens (tertiary/aromatic N) is 4. The van der Waals surface area contributed by atoms with Crippen LogP contribution in [0.2, 0.25) is 0 Å². The number of hydrogen-bond donors (Lipinski definition) is 0. The highest BCUT2D eigenvalue weighted by Gasteiger charge is 2.12. The molecule has 0 spiro atoms. The summed E-state index contributed by atoms with van der Waals surface area (Å²) < 4.78 is 3.26. The van der Waals surface area contributed by atoms with E-state index in [9.17, 15) is 9.59 Å². The molecule has 0 aliphatic carbocycles. The molecule has 0 radical (unpaired) electrons. The highest BCUT2D eigenvalue weighted by atomic mass is 32.2. The third kappa shape index (κ3) is 3.33. The van der Waals surface area contributed by atoms with Crippen LogP contribution in [0.5, 0.6) is 0 Å². The summed E-state index contributed by atoms with van der Waals surface area (Å²) in [5.74, 6) is 0.467. The molecule has 4 rings (SSSR count). The molecule has 3 heterocycles. The first-order valence-electron chi connectivity index (χ1n) is 9.19. The zero-order valence-electron chi connectivity index (χ0n) is 15.8. The van der Waals surface area contributed by atoms with E-state index in [1.165, 1.54) is 11.8 Å². The lowest BCUT2D eigenvalue weighted by atomic mass is 10.2. The highest BCUT2D eigenvalue weighted by Crippen LogP contribution is 2.21. The van der Waals surface area contributed by atoms with Crippen molar-refractivity contribution in [2.75, 3.05) is 0 Å². The van der Waals surface area contributed by atoms with Crippen LogP contribution < -0.4 is 11.1 Å². The first-order chi connectivity index (χ1) is 13.6. The summed E-state index contributed by atoms with van der Waals surface area (Å²) in [5, 5.41) is 1.27. The Kier molecular flexibility index (Phi) is 5.00. The molecule has 7 heteroatoms. The molecular formula is C21H20N4O2S. The largest absolute Gasteiger partial charge is 0.287 e. The summed E-state index contributed by atoms with van der Waals surface area (Å²) in [5.41, 5.74) is 2.82. The zero-order chi connectivity index (χ0) is 19.7. The molecule has 28 heavy (non-hydrogen) atoms. The lowest BCUT2D eigenvalue weighted by Gasteiger charge is -2.12. The van der Waals surface area contributed by atoms with Crippen molar-refractivity contribution in [3.63, 3.8) is 0 Å². The van der Waals surface area contributed by atoms with Crippen molar-refractivity contribution in [2.45, 2.75) is 37.7 Å². The number of benzene rings is 1. The molecule has 0 N–H and O–H groups in total. The van der Waals surface area contributed by atoms with Crippen LogP contribution in [-0.4, -0.2) is 18.9 Å². The van der Waals surface area contributed by atoms with Gasteiger partial charge in [-0.05, 0) is 37.1 Å². The predicted molar refractivity (Wildman–Crippen MR) is 112 cm³/mol. The van der Waals surface area contributed by atoms with Gasteiger partial charge in [0.25, 0.3) is 11.1 Å². The molecule has 3 aromatic heterocycles. The van der Waals surface area contributed by atoms with Gasteiger partial charge in [-0.25, -0.2) is 9.97 Å². The Labute approximate surface area is 165 Å². The van der Waals surface area contributed by atoms with Gasteiger partial charge in [-0.1, -0.05) is 36.9 Å². The standard InChI is InChI=1S/C21H20N4O2S/c1-3-10-25-20(27)16-8-4-5-9-17(16)23-21(25)28-13-15-12-18(26)24-11-6-7-14(2)19(24)22-15/h4-9,11-12H,3,10,13H2,1-2H3. The normalized spacial score (nSPS) is 11.4. The molecule has 0 aliphatic rings. The fourth-order valence-corrected chi connectivity index (χ4v) is 4.12. The van der Waals surface area contributed by atoms with Crippen LogP contribution in [0.25, 0.3) is 16.6 Å². The number of pyridine rings is 1. The number of thioether (sulfide) groups is 1.